The monoisotopic (exact) mass is 232 g/mol. The second kappa shape index (κ2) is 6.14. The lowest BCUT2D eigenvalue weighted by Crippen LogP contribution is -1.87. The summed E-state index contributed by atoms with van der Waals surface area (Å²) in [5, 5.41) is 0.0711. The number of hydrogen-bond acceptors (Lipinski definition) is 3. The number of rotatable bonds is 2. The number of hydrogen-bond donors (Lipinski definition) is 0. The van der Waals surface area contributed by atoms with Gasteiger partial charge in [0.2, 0.25) is 0 Å². The van der Waals surface area contributed by atoms with E-state index in [2.05, 4.69) is 11.8 Å². The molecule has 0 aliphatic carbocycles. The van der Waals surface area contributed by atoms with Crippen LogP contribution >= 0.6 is 11.8 Å². The van der Waals surface area contributed by atoms with Crippen molar-refractivity contribution in [1.29, 1.82) is 0 Å². The maximum absolute atomic E-state index is 10.6. The van der Waals surface area contributed by atoms with Gasteiger partial charge >= 0.3 is 0 Å². The maximum Gasteiger partial charge on any atom is 0.186 e. The molecule has 0 radical (unpaired) electrons. The van der Waals surface area contributed by atoms with Crippen molar-refractivity contribution >= 4 is 23.2 Å². The molecule has 0 bridgehead atoms. The summed E-state index contributed by atoms with van der Waals surface area (Å²) in [6, 6.07) is 5.43. The lowest BCUT2D eigenvalue weighted by atomic mass is 10.1. The fraction of sp³-hybridized carbons (Fsp3) is 0.231. The van der Waals surface area contributed by atoms with Gasteiger partial charge in [0.05, 0.1) is 5.75 Å². The fourth-order valence-electron chi connectivity index (χ4n) is 1.16. The Labute approximate surface area is 99.4 Å². The minimum Gasteiger partial charge on any atom is -0.298 e. The van der Waals surface area contributed by atoms with Crippen LogP contribution in [0.15, 0.2) is 18.2 Å². The molecule has 3 heteroatoms. The molecule has 1 aromatic rings. The summed E-state index contributed by atoms with van der Waals surface area (Å²) >= 11 is 1.19. The third-order valence-electron chi connectivity index (χ3n) is 1.98. The quantitative estimate of drug-likeness (QED) is 0.580. The molecular weight excluding hydrogens is 220 g/mol. The van der Waals surface area contributed by atoms with Gasteiger partial charge in [-0.25, -0.2) is 0 Å². The molecule has 0 fully saturated rings. The van der Waals surface area contributed by atoms with E-state index in [0.29, 0.717) is 11.3 Å². The van der Waals surface area contributed by atoms with Crippen LogP contribution < -0.4 is 0 Å². The molecule has 0 saturated heterocycles. The van der Waals surface area contributed by atoms with Crippen molar-refractivity contribution in [3.63, 3.8) is 0 Å². The van der Waals surface area contributed by atoms with Gasteiger partial charge in [-0.1, -0.05) is 29.7 Å². The Hall–Kier alpha value is -1.53. The second-order valence-electron chi connectivity index (χ2n) is 3.27. The van der Waals surface area contributed by atoms with E-state index in [-0.39, 0.29) is 5.12 Å². The van der Waals surface area contributed by atoms with Crippen molar-refractivity contribution in [1.82, 2.24) is 0 Å². The Kier molecular flexibility index (Phi) is 4.81. The van der Waals surface area contributed by atoms with Crippen molar-refractivity contribution in [2.45, 2.75) is 13.8 Å². The molecule has 0 unspecified atom stereocenters. The molecule has 0 heterocycles. The van der Waals surface area contributed by atoms with Gasteiger partial charge in [0, 0.05) is 18.1 Å². The van der Waals surface area contributed by atoms with Gasteiger partial charge in [0.1, 0.15) is 6.29 Å². The highest BCUT2D eigenvalue weighted by Crippen LogP contribution is 2.08. The smallest absolute Gasteiger partial charge is 0.186 e. The van der Waals surface area contributed by atoms with E-state index in [9.17, 15) is 9.59 Å². The van der Waals surface area contributed by atoms with E-state index < -0.39 is 0 Å². The Bertz CT molecular complexity index is 467. The first kappa shape index (κ1) is 12.5. The summed E-state index contributed by atoms with van der Waals surface area (Å²) in [7, 11) is 0. The van der Waals surface area contributed by atoms with E-state index in [1.54, 1.807) is 6.07 Å². The highest BCUT2D eigenvalue weighted by atomic mass is 32.2. The van der Waals surface area contributed by atoms with Crippen LogP contribution in [0.3, 0.4) is 0 Å². The van der Waals surface area contributed by atoms with Crippen molar-refractivity contribution in [3.8, 4) is 11.8 Å². The van der Waals surface area contributed by atoms with Crippen LogP contribution in [-0.4, -0.2) is 17.2 Å². The zero-order valence-corrected chi connectivity index (χ0v) is 10.1. The summed E-state index contributed by atoms with van der Waals surface area (Å²) in [6.07, 6.45) is 0.831. The van der Waals surface area contributed by atoms with E-state index >= 15 is 0 Å². The summed E-state index contributed by atoms with van der Waals surface area (Å²) < 4.78 is 0. The van der Waals surface area contributed by atoms with Gasteiger partial charge < -0.3 is 0 Å². The highest BCUT2D eigenvalue weighted by Gasteiger charge is 1.96. The van der Waals surface area contributed by atoms with E-state index in [0.717, 1.165) is 17.4 Å². The largest absolute Gasteiger partial charge is 0.298 e. The molecule has 1 aromatic carbocycles. The van der Waals surface area contributed by atoms with Crippen molar-refractivity contribution in [3.05, 3.63) is 34.9 Å². The first-order valence-corrected chi connectivity index (χ1v) is 5.80. The summed E-state index contributed by atoms with van der Waals surface area (Å²) in [4.78, 5) is 21.2. The molecular formula is C13H12O2S. The van der Waals surface area contributed by atoms with Gasteiger partial charge in [-0.3, -0.25) is 9.59 Å². The average Bonchev–Trinajstić information content (AvgIpc) is 2.24. The molecule has 82 valence electrons. The lowest BCUT2D eigenvalue weighted by molar-refractivity contribution is -0.109. The Balaban J connectivity index is 2.71. The molecule has 0 aromatic heterocycles. The van der Waals surface area contributed by atoms with E-state index in [1.807, 2.05) is 19.1 Å². The lowest BCUT2D eigenvalue weighted by Gasteiger charge is -1.97. The predicted octanol–water partition coefficient (Wildman–Crippen LogP) is 2.44. The third kappa shape index (κ3) is 3.92. The number of thioether (sulfide) groups is 1. The van der Waals surface area contributed by atoms with Gasteiger partial charge in [-0.05, 0) is 24.6 Å². The van der Waals surface area contributed by atoms with Gasteiger partial charge in [0.15, 0.2) is 5.12 Å². The van der Waals surface area contributed by atoms with Crippen molar-refractivity contribution in [2.75, 3.05) is 5.75 Å². The molecule has 0 amide bonds. The van der Waals surface area contributed by atoms with Gasteiger partial charge in [0.25, 0.3) is 0 Å². The summed E-state index contributed by atoms with van der Waals surface area (Å²) in [6.45, 7) is 3.40. The number of carbonyl (C=O) groups excluding carboxylic acids is 2. The van der Waals surface area contributed by atoms with Crippen molar-refractivity contribution < 1.29 is 9.59 Å². The highest BCUT2D eigenvalue weighted by molar-refractivity contribution is 8.13. The zero-order chi connectivity index (χ0) is 12.0. The van der Waals surface area contributed by atoms with Gasteiger partial charge in [-0.15, -0.1) is 0 Å². The Morgan fingerprint density at radius 2 is 2.25 bits per heavy atom. The average molecular weight is 232 g/mol. The molecule has 0 atom stereocenters. The van der Waals surface area contributed by atoms with Crippen molar-refractivity contribution in [2.24, 2.45) is 0 Å². The van der Waals surface area contributed by atoms with Gasteiger partial charge in [-0.2, -0.15) is 0 Å². The molecule has 0 aliphatic heterocycles. The van der Waals surface area contributed by atoms with E-state index in [4.69, 9.17) is 0 Å². The summed E-state index contributed by atoms with van der Waals surface area (Å²) in [5.74, 6) is 6.36. The van der Waals surface area contributed by atoms with Crippen LogP contribution in [0.25, 0.3) is 0 Å². The van der Waals surface area contributed by atoms with E-state index in [1.165, 1.54) is 18.7 Å². The maximum atomic E-state index is 10.6. The molecule has 16 heavy (non-hydrogen) atoms. The van der Waals surface area contributed by atoms with Crippen LogP contribution in [0.4, 0.5) is 0 Å². The van der Waals surface area contributed by atoms with Crippen LogP contribution in [0.5, 0.6) is 0 Å². The molecule has 0 spiro atoms. The molecule has 0 N–H and O–H groups in total. The molecule has 0 aliphatic rings. The minimum atomic E-state index is 0.0711. The molecule has 0 saturated carbocycles. The molecule has 1 rings (SSSR count). The number of aldehydes is 1. The second-order valence-corrected chi connectivity index (χ2v) is 4.42. The molecule has 2 nitrogen and oxygen atoms in total. The standard InChI is InChI=1S/C13H12O2S/c1-10-8-12(5-6-13(10)9-14)4-3-7-16-11(2)15/h5-6,8-9H,7H2,1-2H3. The first-order valence-electron chi connectivity index (χ1n) is 4.81. The first-order chi connectivity index (χ1) is 7.63. The fourth-order valence-corrected chi connectivity index (χ4v) is 1.51. The number of benzene rings is 1. The Morgan fingerprint density at radius 3 is 2.81 bits per heavy atom. The predicted molar refractivity (Wildman–Crippen MR) is 66.6 cm³/mol. The number of carbonyl (C=O) groups is 2. The SMILES string of the molecule is CC(=O)SCC#Cc1ccc(C=O)c(C)c1. The van der Waals surface area contributed by atoms with Crippen LogP contribution in [0.2, 0.25) is 0 Å². The normalized spacial score (nSPS) is 9.12. The summed E-state index contributed by atoms with van der Waals surface area (Å²) in [5.41, 5.74) is 2.47. The third-order valence-corrected chi connectivity index (χ3v) is 2.67. The Morgan fingerprint density at radius 1 is 1.50 bits per heavy atom. The van der Waals surface area contributed by atoms with Crippen LogP contribution in [0, 0.1) is 18.8 Å². The van der Waals surface area contributed by atoms with Crippen LogP contribution in [0.1, 0.15) is 28.4 Å². The topological polar surface area (TPSA) is 34.1 Å². The number of aryl methyl sites for hydroxylation is 1. The minimum absolute atomic E-state index is 0.0711. The zero-order valence-electron chi connectivity index (χ0n) is 9.24. The van der Waals surface area contributed by atoms with Crippen LogP contribution in [-0.2, 0) is 4.79 Å².